The number of hydrogen-bond acceptors (Lipinski definition) is 5. The lowest BCUT2D eigenvalue weighted by Crippen LogP contribution is -2.46. The van der Waals surface area contributed by atoms with Gasteiger partial charge in [-0.2, -0.15) is 0 Å². The lowest BCUT2D eigenvalue weighted by atomic mass is 9.67. The lowest BCUT2D eigenvalue weighted by molar-refractivity contribution is 0.0732. The van der Waals surface area contributed by atoms with E-state index in [1.54, 1.807) is 14.2 Å². The normalized spacial score (nSPS) is 15.6. The molecule has 0 unspecified atom stereocenters. The van der Waals surface area contributed by atoms with E-state index >= 15 is 0 Å². The predicted molar refractivity (Wildman–Crippen MR) is 111 cm³/mol. The summed E-state index contributed by atoms with van der Waals surface area (Å²) in [5.41, 5.74) is 1.37. The van der Waals surface area contributed by atoms with Crippen LogP contribution in [0.25, 0.3) is 0 Å². The molecule has 28 heavy (non-hydrogen) atoms. The molecule has 158 valence electrons. The van der Waals surface area contributed by atoms with Crippen LogP contribution in [0.2, 0.25) is 0 Å². The number of benzene rings is 1. The molecule has 1 fully saturated rings. The number of aliphatic hydroxyl groups is 1. The van der Waals surface area contributed by atoms with Gasteiger partial charge in [0.2, 0.25) is 0 Å². The predicted octanol–water partition coefficient (Wildman–Crippen LogP) is 2.33. The van der Waals surface area contributed by atoms with E-state index in [0.717, 1.165) is 37.6 Å². The molecule has 1 saturated carbocycles. The van der Waals surface area contributed by atoms with E-state index in [0.29, 0.717) is 23.5 Å². The van der Waals surface area contributed by atoms with Crippen molar-refractivity contribution in [1.29, 1.82) is 0 Å². The molecule has 0 atom stereocenters. The van der Waals surface area contributed by atoms with Crippen LogP contribution in [0.5, 0.6) is 11.5 Å². The fourth-order valence-corrected chi connectivity index (χ4v) is 3.38. The van der Waals surface area contributed by atoms with Gasteiger partial charge in [0, 0.05) is 26.8 Å². The monoisotopic (exact) mass is 393 g/mol. The van der Waals surface area contributed by atoms with E-state index in [-0.39, 0.29) is 13.2 Å². The van der Waals surface area contributed by atoms with Crippen molar-refractivity contribution in [3.05, 3.63) is 23.8 Å². The van der Waals surface area contributed by atoms with E-state index < -0.39 is 0 Å². The van der Waals surface area contributed by atoms with Crippen molar-refractivity contribution in [1.82, 2.24) is 10.6 Å². The average Bonchev–Trinajstić information content (AvgIpc) is 2.69. The first-order chi connectivity index (χ1) is 13.7. The number of rotatable bonds is 12. The van der Waals surface area contributed by atoms with Crippen LogP contribution in [0.1, 0.15) is 38.2 Å². The van der Waals surface area contributed by atoms with Gasteiger partial charge in [0.15, 0.2) is 17.5 Å². The minimum atomic E-state index is -0.0290. The number of methoxy groups -OCH3 is 2. The first kappa shape index (κ1) is 22.3. The number of nitrogens with one attached hydrogen (secondary N) is 2. The van der Waals surface area contributed by atoms with Crippen LogP contribution >= 0.6 is 0 Å². The van der Waals surface area contributed by atoms with E-state index in [9.17, 15) is 0 Å². The summed E-state index contributed by atoms with van der Waals surface area (Å²) in [7, 11) is 3.37. The van der Waals surface area contributed by atoms with Crippen LogP contribution in [0.3, 0.4) is 0 Å². The summed E-state index contributed by atoms with van der Waals surface area (Å²) in [5, 5.41) is 15.7. The summed E-state index contributed by atoms with van der Waals surface area (Å²) in [6.07, 6.45) is 4.87. The van der Waals surface area contributed by atoms with Crippen LogP contribution in [0.15, 0.2) is 23.2 Å². The zero-order chi connectivity index (χ0) is 20.2. The molecule has 1 aromatic carbocycles. The van der Waals surface area contributed by atoms with Crippen LogP contribution in [0, 0.1) is 5.41 Å². The molecular formula is C21H35N3O4. The summed E-state index contributed by atoms with van der Waals surface area (Å²) in [4.78, 5) is 4.72. The number of guanidine groups is 1. The molecule has 7 heteroatoms. The Hall–Kier alpha value is -1.99. The molecule has 7 nitrogen and oxygen atoms in total. The molecule has 1 aromatic rings. The topological polar surface area (TPSA) is 84.3 Å². The summed E-state index contributed by atoms with van der Waals surface area (Å²) < 4.78 is 16.1. The highest BCUT2D eigenvalue weighted by molar-refractivity contribution is 5.79. The molecular weight excluding hydrogens is 358 g/mol. The number of aliphatic hydroxyl groups excluding tert-OH is 1. The Labute approximate surface area is 168 Å². The van der Waals surface area contributed by atoms with E-state index in [1.165, 1.54) is 19.3 Å². The van der Waals surface area contributed by atoms with Gasteiger partial charge in [-0.15, -0.1) is 0 Å². The number of hydrogen-bond donors (Lipinski definition) is 3. The molecule has 0 bridgehead atoms. The van der Waals surface area contributed by atoms with E-state index in [4.69, 9.17) is 24.3 Å². The Bertz CT molecular complexity index is 618. The SMILES string of the molecule is CCNC(=NCc1ccc(OCCO)c(OC)c1)NCC1(CCOC)CCC1. The Morgan fingerprint density at radius 2 is 2.00 bits per heavy atom. The highest BCUT2D eigenvalue weighted by atomic mass is 16.5. The fraction of sp³-hybridized carbons (Fsp3) is 0.667. The van der Waals surface area contributed by atoms with Gasteiger partial charge in [-0.25, -0.2) is 4.99 Å². The van der Waals surface area contributed by atoms with Crippen molar-refractivity contribution in [2.45, 2.75) is 39.2 Å². The second-order valence-electron chi connectivity index (χ2n) is 7.20. The fourth-order valence-electron chi connectivity index (χ4n) is 3.38. The third kappa shape index (κ3) is 6.56. The van der Waals surface area contributed by atoms with Crippen molar-refractivity contribution in [3.8, 4) is 11.5 Å². The van der Waals surface area contributed by atoms with Crippen molar-refractivity contribution >= 4 is 5.96 Å². The second-order valence-corrected chi connectivity index (χ2v) is 7.20. The summed E-state index contributed by atoms with van der Waals surface area (Å²) in [6.45, 7) is 5.36. The smallest absolute Gasteiger partial charge is 0.191 e. The summed E-state index contributed by atoms with van der Waals surface area (Å²) in [6, 6.07) is 5.74. The third-order valence-electron chi connectivity index (χ3n) is 5.22. The van der Waals surface area contributed by atoms with Crippen molar-refractivity contribution in [3.63, 3.8) is 0 Å². The van der Waals surface area contributed by atoms with Gasteiger partial charge in [-0.1, -0.05) is 12.5 Å². The highest BCUT2D eigenvalue weighted by Gasteiger charge is 2.36. The molecule has 0 saturated heterocycles. The van der Waals surface area contributed by atoms with Gasteiger partial charge in [0.1, 0.15) is 6.61 Å². The van der Waals surface area contributed by atoms with Crippen LogP contribution in [-0.2, 0) is 11.3 Å². The van der Waals surface area contributed by atoms with Gasteiger partial charge in [-0.3, -0.25) is 0 Å². The molecule has 0 aromatic heterocycles. The Balaban J connectivity index is 1.97. The van der Waals surface area contributed by atoms with Crippen LogP contribution < -0.4 is 20.1 Å². The van der Waals surface area contributed by atoms with Crippen molar-refractivity contribution in [2.24, 2.45) is 10.4 Å². The van der Waals surface area contributed by atoms with Gasteiger partial charge in [0.05, 0.1) is 20.3 Å². The van der Waals surface area contributed by atoms with Gasteiger partial charge in [0.25, 0.3) is 0 Å². The molecule has 0 amide bonds. The number of nitrogens with zero attached hydrogens (tertiary/aromatic N) is 1. The van der Waals surface area contributed by atoms with E-state index in [2.05, 4.69) is 17.6 Å². The summed E-state index contributed by atoms with van der Waals surface area (Å²) in [5.74, 6) is 2.09. The van der Waals surface area contributed by atoms with E-state index in [1.807, 2.05) is 18.2 Å². The van der Waals surface area contributed by atoms with Crippen molar-refractivity contribution < 1.29 is 19.3 Å². The molecule has 0 spiro atoms. The molecule has 3 N–H and O–H groups in total. The maximum Gasteiger partial charge on any atom is 0.191 e. The molecule has 0 heterocycles. The Kier molecular flexibility index (Phi) is 9.37. The van der Waals surface area contributed by atoms with Gasteiger partial charge < -0.3 is 30.0 Å². The zero-order valence-electron chi connectivity index (χ0n) is 17.4. The number of ether oxygens (including phenoxy) is 3. The largest absolute Gasteiger partial charge is 0.493 e. The third-order valence-corrected chi connectivity index (χ3v) is 5.22. The Morgan fingerprint density at radius 1 is 1.18 bits per heavy atom. The van der Waals surface area contributed by atoms with Crippen molar-refractivity contribution in [2.75, 3.05) is 47.1 Å². The first-order valence-corrected chi connectivity index (χ1v) is 10.1. The van der Waals surface area contributed by atoms with Crippen LogP contribution in [0.4, 0.5) is 0 Å². The zero-order valence-corrected chi connectivity index (χ0v) is 17.4. The second kappa shape index (κ2) is 11.8. The quantitative estimate of drug-likeness (QED) is 0.373. The van der Waals surface area contributed by atoms with Crippen LogP contribution in [-0.4, -0.2) is 58.2 Å². The molecule has 0 radical (unpaired) electrons. The molecule has 2 rings (SSSR count). The standard InChI is InChI=1S/C21H35N3O4/c1-4-22-20(24-16-21(8-5-9-21)10-12-26-2)23-15-17-6-7-18(28-13-11-25)19(14-17)27-3/h6-7,14,25H,4-5,8-13,15-16H2,1-3H3,(H2,22,23,24). The molecule has 0 aliphatic heterocycles. The van der Waals surface area contributed by atoms with Gasteiger partial charge >= 0.3 is 0 Å². The summed E-state index contributed by atoms with van der Waals surface area (Å²) >= 11 is 0. The maximum atomic E-state index is 8.91. The lowest BCUT2D eigenvalue weighted by Gasteiger charge is -2.42. The highest BCUT2D eigenvalue weighted by Crippen LogP contribution is 2.43. The van der Waals surface area contributed by atoms with Gasteiger partial charge in [-0.05, 0) is 49.3 Å². The Morgan fingerprint density at radius 3 is 2.61 bits per heavy atom. The molecule has 1 aliphatic carbocycles. The average molecular weight is 394 g/mol. The molecule has 1 aliphatic rings. The minimum absolute atomic E-state index is 0.0290. The first-order valence-electron chi connectivity index (χ1n) is 10.1. The maximum absolute atomic E-state index is 8.91. The minimum Gasteiger partial charge on any atom is -0.493 e. The number of aliphatic imine (C=N–C) groups is 1.